The maximum atomic E-state index is 12.5. The second-order valence-corrected chi connectivity index (χ2v) is 11.2. The molecule has 2 aliphatic heterocycles. The van der Waals surface area contributed by atoms with Crippen LogP contribution in [0.1, 0.15) is 75.1 Å². The van der Waals surface area contributed by atoms with Crippen LogP contribution in [-0.2, 0) is 16.0 Å². The van der Waals surface area contributed by atoms with Crippen molar-refractivity contribution in [2.45, 2.75) is 71.4 Å². The van der Waals surface area contributed by atoms with Crippen molar-refractivity contribution in [1.29, 1.82) is 0 Å². The highest BCUT2D eigenvalue weighted by atomic mass is 16.6. The van der Waals surface area contributed by atoms with Crippen LogP contribution >= 0.6 is 0 Å². The van der Waals surface area contributed by atoms with E-state index >= 15 is 0 Å². The highest BCUT2D eigenvalue weighted by Gasteiger charge is 2.32. The fourth-order valence-corrected chi connectivity index (χ4v) is 4.91. The Labute approximate surface area is 223 Å². The quantitative estimate of drug-likeness (QED) is 0.591. The Morgan fingerprint density at radius 1 is 1.13 bits per heavy atom. The summed E-state index contributed by atoms with van der Waals surface area (Å²) >= 11 is 0. The number of rotatable bonds is 6. The summed E-state index contributed by atoms with van der Waals surface area (Å²) in [5, 5.41) is 3.49. The summed E-state index contributed by atoms with van der Waals surface area (Å²) in [6.45, 7) is 9.46. The van der Waals surface area contributed by atoms with Gasteiger partial charge in [0.15, 0.2) is 0 Å². The molecule has 3 amide bonds. The first kappa shape index (κ1) is 27.3. The highest BCUT2D eigenvalue weighted by Crippen LogP contribution is 2.26. The molecule has 0 radical (unpaired) electrons. The molecule has 10 nitrogen and oxygen atoms in total. The van der Waals surface area contributed by atoms with Crippen molar-refractivity contribution in [2.24, 2.45) is 11.7 Å². The molecule has 3 N–H and O–H groups in total. The van der Waals surface area contributed by atoms with E-state index in [9.17, 15) is 14.4 Å². The standard InChI is InChI=1S/C28H38N6O4/c1-18-17-33(27(37)38-28(2,3)4)12-10-23(18)32-24-14-20(31-16-22(24)26(29)36)13-19-8-9-21(15-30-19)34-11-6-5-7-25(34)35/h8-9,14-16,18,23H,5-7,10-13,17H2,1-4H3,(H2,29,36)(H,31,32)/t18-,23+/m0/s1. The molecule has 2 aromatic rings. The normalized spacial score (nSPS) is 20.3. The zero-order valence-electron chi connectivity index (χ0n) is 22.7. The molecule has 0 bridgehead atoms. The van der Waals surface area contributed by atoms with Gasteiger partial charge < -0.3 is 25.6 Å². The zero-order chi connectivity index (χ0) is 27.4. The smallest absolute Gasteiger partial charge is 0.410 e. The van der Waals surface area contributed by atoms with Gasteiger partial charge in [0.2, 0.25) is 5.91 Å². The third-order valence-corrected chi connectivity index (χ3v) is 6.93. The molecule has 4 heterocycles. The van der Waals surface area contributed by atoms with E-state index in [1.54, 1.807) is 16.0 Å². The van der Waals surface area contributed by atoms with E-state index in [-0.39, 0.29) is 24.0 Å². The lowest BCUT2D eigenvalue weighted by atomic mass is 9.93. The second kappa shape index (κ2) is 11.4. The minimum atomic E-state index is -0.556. The van der Waals surface area contributed by atoms with E-state index in [0.29, 0.717) is 43.6 Å². The summed E-state index contributed by atoms with van der Waals surface area (Å²) in [5.41, 5.74) is 8.41. The van der Waals surface area contributed by atoms with Gasteiger partial charge in [-0.25, -0.2) is 4.79 Å². The molecular weight excluding hydrogens is 484 g/mol. The van der Waals surface area contributed by atoms with Gasteiger partial charge in [-0.3, -0.25) is 19.6 Å². The number of nitrogens with one attached hydrogen (secondary N) is 1. The van der Waals surface area contributed by atoms with E-state index in [4.69, 9.17) is 10.5 Å². The third kappa shape index (κ3) is 6.79. The van der Waals surface area contributed by atoms with E-state index in [1.165, 1.54) is 6.20 Å². The van der Waals surface area contributed by atoms with Crippen LogP contribution in [0.5, 0.6) is 0 Å². The van der Waals surface area contributed by atoms with Crippen molar-refractivity contribution in [2.75, 3.05) is 29.9 Å². The number of hydrogen-bond acceptors (Lipinski definition) is 7. The van der Waals surface area contributed by atoms with Crippen LogP contribution in [-0.4, -0.2) is 64.1 Å². The molecule has 2 atom stereocenters. The van der Waals surface area contributed by atoms with Crippen molar-refractivity contribution in [1.82, 2.24) is 14.9 Å². The molecule has 0 unspecified atom stereocenters. The molecule has 0 aromatic carbocycles. The van der Waals surface area contributed by atoms with Crippen molar-refractivity contribution >= 4 is 29.3 Å². The van der Waals surface area contributed by atoms with Crippen molar-refractivity contribution in [3.05, 3.63) is 47.5 Å². The molecule has 204 valence electrons. The second-order valence-electron chi connectivity index (χ2n) is 11.2. The minimum absolute atomic E-state index is 0.0431. The molecule has 2 fully saturated rings. The molecule has 2 aromatic heterocycles. The van der Waals surface area contributed by atoms with E-state index in [0.717, 1.165) is 36.5 Å². The van der Waals surface area contributed by atoms with Crippen LogP contribution in [0.4, 0.5) is 16.2 Å². The lowest BCUT2D eigenvalue weighted by Crippen LogP contribution is -2.49. The van der Waals surface area contributed by atoms with E-state index in [1.807, 2.05) is 39.0 Å². The minimum Gasteiger partial charge on any atom is -0.444 e. The topological polar surface area (TPSA) is 131 Å². The number of carbonyl (C=O) groups is 3. The molecule has 0 saturated carbocycles. The van der Waals surface area contributed by atoms with Crippen LogP contribution in [0.3, 0.4) is 0 Å². The predicted molar refractivity (Wildman–Crippen MR) is 145 cm³/mol. The van der Waals surface area contributed by atoms with Gasteiger partial charge in [-0.15, -0.1) is 0 Å². The molecule has 10 heteroatoms. The van der Waals surface area contributed by atoms with Gasteiger partial charge in [-0.05, 0) is 64.2 Å². The molecule has 38 heavy (non-hydrogen) atoms. The molecule has 4 rings (SSSR count). The Hall–Kier alpha value is -3.69. The number of pyridine rings is 2. The Morgan fingerprint density at radius 3 is 2.53 bits per heavy atom. The van der Waals surface area contributed by atoms with E-state index in [2.05, 4.69) is 22.2 Å². The number of nitrogens with zero attached hydrogens (tertiary/aromatic N) is 4. The van der Waals surface area contributed by atoms with Crippen LogP contribution in [0.25, 0.3) is 0 Å². The number of carbonyl (C=O) groups excluding carboxylic acids is 3. The number of anilines is 2. The highest BCUT2D eigenvalue weighted by molar-refractivity contribution is 5.98. The SMILES string of the molecule is C[C@H]1CN(C(=O)OC(C)(C)C)CC[C@H]1Nc1cc(Cc2ccc(N3CCCCC3=O)cn2)ncc1C(N)=O. The fourth-order valence-electron chi connectivity index (χ4n) is 4.91. The van der Waals surface area contributed by atoms with Gasteiger partial charge in [0.25, 0.3) is 5.91 Å². The number of likely N-dealkylation sites (tertiary alicyclic amines) is 1. The van der Waals surface area contributed by atoms with Gasteiger partial charge in [0, 0.05) is 56.1 Å². The third-order valence-electron chi connectivity index (χ3n) is 6.93. The van der Waals surface area contributed by atoms with Crippen molar-refractivity contribution in [3.63, 3.8) is 0 Å². The Morgan fingerprint density at radius 2 is 1.89 bits per heavy atom. The summed E-state index contributed by atoms with van der Waals surface area (Å²) in [5.74, 6) is -0.296. The van der Waals surface area contributed by atoms with Gasteiger partial charge >= 0.3 is 6.09 Å². The van der Waals surface area contributed by atoms with Gasteiger partial charge in [-0.1, -0.05) is 6.92 Å². The molecule has 2 aliphatic rings. The Bertz CT molecular complexity index is 1180. The van der Waals surface area contributed by atoms with Gasteiger partial charge in [0.1, 0.15) is 5.60 Å². The average Bonchev–Trinajstić information content (AvgIpc) is 2.85. The first-order valence-corrected chi connectivity index (χ1v) is 13.3. The van der Waals surface area contributed by atoms with Crippen LogP contribution in [0, 0.1) is 5.92 Å². The largest absolute Gasteiger partial charge is 0.444 e. The van der Waals surface area contributed by atoms with Crippen molar-refractivity contribution < 1.29 is 19.1 Å². The number of amides is 3. The van der Waals surface area contributed by atoms with Gasteiger partial charge in [0.05, 0.1) is 23.1 Å². The zero-order valence-corrected chi connectivity index (χ0v) is 22.7. The first-order valence-electron chi connectivity index (χ1n) is 13.3. The number of ether oxygens (including phenoxy) is 1. The lowest BCUT2D eigenvalue weighted by Gasteiger charge is -2.38. The van der Waals surface area contributed by atoms with E-state index < -0.39 is 11.5 Å². The average molecular weight is 523 g/mol. The van der Waals surface area contributed by atoms with Crippen LogP contribution in [0.15, 0.2) is 30.6 Å². The molecular formula is C28H38N6O4. The summed E-state index contributed by atoms with van der Waals surface area (Å²) < 4.78 is 5.52. The number of aromatic nitrogens is 2. The maximum Gasteiger partial charge on any atom is 0.410 e. The summed E-state index contributed by atoms with van der Waals surface area (Å²) in [6, 6.07) is 5.71. The summed E-state index contributed by atoms with van der Waals surface area (Å²) in [6.07, 6.45) is 6.60. The summed E-state index contributed by atoms with van der Waals surface area (Å²) in [7, 11) is 0. The predicted octanol–water partition coefficient (Wildman–Crippen LogP) is 3.74. The molecule has 2 saturated heterocycles. The number of hydrogen-bond donors (Lipinski definition) is 2. The van der Waals surface area contributed by atoms with Gasteiger partial charge in [-0.2, -0.15) is 0 Å². The van der Waals surface area contributed by atoms with Crippen LogP contribution in [0.2, 0.25) is 0 Å². The number of primary amides is 1. The molecule has 0 spiro atoms. The maximum absolute atomic E-state index is 12.5. The lowest BCUT2D eigenvalue weighted by molar-refractivity contribution is -0.119. The number of piperidine rings is 2. The Balaban J connectivity index is 1.44. The van der Waals surface area contributed by atoms with Crippen molar-refractivity contribution in [3.8, 4) is 0 Å². The monoisotopic (exact) mass is 522 g/mol. The molecule has 0 aliphatic carbocycles. The Kier molecular flexibility index (Phi) is 8.18. The van der Waals surface area contributed by atoms with Crippen LogP contribution < -0.4 is 16.0 Å². The summed E-state index contributed by atoms with van der Waals surface area (Å²) in [4.78, 5) is 49.4. The fraction of sp³-hybridized carbons (Fsp3) is 0.536. The first-order chi connectivity index (χ1) is 18.0. The number of nitrogens with two attached hydrogens (primary N) is 1.